The van der Waals surface area contributed by atoms with Crippen molar-refractivity contribution >= 4 is 0 Å². The van der Waals surface area contributed by atoms with Crippen LogP contribution in [-0.2, 0) is 17.8 Å². The van der Waals surface area contributed by atoms with Crippen molar-refractivity contribution in [2.45, 2.75) is 51.7 Å². The van der Waals surface area contributed by atoms with E-state index in [1.54, 1.807) is 0 Å². The molecule has 1 saturated carbocycles. The number of ether oxygens (including phenoxy) is 1. The standard InChI is InChI=1S/C16H26N2O/c1-2-19-10-8-14-11-17-9-4-7-16(17)13-18(12-14)15-5-3-6-15/h4,7,9,14-15H,2-3,5-6,8,10-13H2,1H3. The maximum atomic E-state index is 5.55. The predicted molar refractivity (Wildman–Crippen MR) is 77.1 cm³/mol. The van der Waals surface area contributed by atoms with Gasteiger partial charge in [0.05, 0.1) is 0 Å². The lowest BCUT2D eigenvalue weighted by atomic mass is 9.90. The van der Waals surface area contributed by atoms with Gasteiger partial charge >= 0.3 is 0 Å². The first-order chi connectivity index (χ1) is 9.36. The van der Waals surface area contributed by atoms with Gasteiger partial charge in [-0.15, -0.1) is 0 Å². The number of rotatable bonds is 5. The molecule has 2 heterocycles. The zero-order chi connectivity index (χ0) is 13.1. The fraction of sp³-hybridized carbons (Fsp3) is 0.750. The summed E-state index contributed by atoms with van der Waals surface area (Å²) < 4.78 is 8.01. The highest BCUT2D eigenvalue weighted by Crippen LogP contribution is 2.29. The van der Waals surface area contributed by atoms with Gasteiger partial charge in [-0.3, -0.25) is 4.90 Å². The quantitative estimate of drug-likeness (QED) is 0.759. The monoisotopic (exact) mass is 262 g/mol. The predicted octanol–water partition coefficient (Wildman–Crippen LogP) is 2.90. The van der Waals surface area contributed by atoms with Gasteiger partial charge in [0, 0.05) is 50.8 Å². The largest absolute Gasteiger partial charge is 0.382 e. The summed E-state index contributed by atoms with van der Waals surface area (Å²) in [5, 5.41) is 0. The van der Waals surface area contributed by atoms with E-state index < -0.39 is 0 Å². The van der Waals surface area contributed by atoms with Crippen LogP contribution in [0, 0.1) is 5.92 Å². The molecule has 106 valence electrons. The Morgan fingerprint density at radius 3 is 2.95 bits per heavy atom. The normalized spacial score (nSPS) is 24.8. The van der Waals surface area contributed by atoms with Crippen molar-refractivity contribution in [2.75, 3.05) is 19.8 Å². The summed E-state index contributed by atoms with van der Waals surface area (Å²) in [6.07, 6.45) is 7.66. The van der Waals surface area contributed by atoms with Gasteiger partial charge in [-0.05, 0) is 44.2 Å². The van der Waals surface area contributed by atoms with Gasteiger partial charge < -0.3 is 9.30 Å². The van der Waals surface area contributed by atoms with Gasteiger partial charge in [-0.2, -0.15) is 0 Å². The average Bonchev–Trinajstić information content (AvgIpc) is 2.68. The molecule has 0 saturated heterocycles. The zero-order valence-corrected chi connectivity index (χ0v) is 12.1. The first kappa shape index (κ1) is 13.2. The van der Waals surface area contributed by atoms with E-state index in [2.05, 4.69) is 34.7 Å². The molecule has 0 aromatic carbocycles. The summed E-state index contributed by atoms with van der Waals surface area (Å²) in [5.41, 5.74) is 1.49. The Balaban J connectivity index is 1.67. The molecule has 2 aliphatic rings. The van der Waals surface area contributed by atoms with E-state index in [9.17, 15) is 0 Å². The number of hydrogen-bond acceptors (Lipinski definition) is 2. The summed E-state index contributed by atoms with van der Waals surface area (Å²) in [6.45, 7) is 7.39. The smallest absolute Gasteiger partial charge is 0.0469 e. The summed E-state index contributed by atoms with van der Waals surface area (Å²) in [4.78, 5) is 2.72. The highest BCUT2D eigenvalue weighted by Gasteiger charge is 2.29. The lowest BCUT2D eigenvalue weighted by Crippen LogP contribution is -2.41. The Morgan fingerprint density at radius 1 is 1.32 bits per heavy atom. The Labute approximate surface area is 116 Å². The molecule has 3 heteroatoms. The highest BCUT2D eigenvalue weighted by molar-refractivity contribution is 5.09. The van der Waals surface area contributed by atoms with Crippen LogP contribution in [0.1, 0.15) is 38.3 Å². The van der Waals surface area contributed by atoms with Crippen molar-refractivity contribution in [3.05, 3.63) is 24.0 Å². The minimum atomic E-state index is 0.737. The van der Waals surface area contributed by atoms with Gasteiger partial charge in [-0.25, -0.2) is 0 Å². The van der Waals surface area contributed by atoms with Crippen LogP contribution in [0.3, 0.4) is 0 Å². The lowest BCUT2D eigenvalue weighted by Gasteiger charge is -2.38. The summed E-state index contributed by atoms with van der Waals surface area (Å²) in [7, 11) is 0. The summed E-state index contributed by atoms with van der Waals surface area (Å²) in [5.74, 6) is 0.737. The van der Waals surface area contributed by atoms with Crippen LogP contribution in [0.2, 0.25) is 0 Å². The Morgan fingerprint density at radius 2 is 2.21 bits per heavy atom. The third-order valence-corrected chi connectivity index (χ3v) is 4.70. The number of nitrogens with zero attached hydrogens (tertiary/aromatic N) is 2. The van der Waals surface area contributed by atoms with Gasteiger partial charge in [0.1, 0.15) is 0 Å². The van der Waals surface area contributed by atoms with Crippen LogP contribution in [0.25, 0.3) is 0 Å². The molecule has 1 aliphatic carbocycles. The second-order valence-electron chi connectivity index (χ2n) is 6.02. The summed E-state index contributed by atoms with van der Waals surface area (Å²) in [6, 6.07) is 5.33. The molecule has 1 atom stereocenters. The molecule has 1 aromatic heterocycles. The molecule has 0 spiro atoms. The fourth-order valence-corrected chi connectivity index (χ4v) is 3.32. The van der Waals surface area contributed by atoms with Gasteiger partial charge in [0.25, 0.3) is 0 Å². The van der Waals surface area contributed by atoms with E-state index in [0.717, 1.165) is 31.7 Å². The first-order valence-corrected chi connectivity index (χ1v) is 7.82. The van der Waals surface area contributed by atoms with Crippen LogP contribution >= 0.6 is 0 Å². The third-order valence-electron chi connectivity index (χ3n) is 4.70. The topological polar surface area (TPSA) is 17.4 Å². The van der Waals surface area contributed by atoms with Crippen LogP contribution in [0.5, 0.6) is 0 Å². The summed E-state index contributed by atoms with van der Waals surface area (Å²) >= 11 is 0. The zero-order valence-electron chi connectivity index (χ0n) is 12.1. The van der Waals surface area contributed by atoms with Crippen molar-refractivity contribution in [2.24, 2.45) is 5.92 Å². The minimum Gasteiger partial charge on any atom is -0.382 e. The lowest BCUT2D eigenvalue weighted by molar-refractivity contribution is 0.0841. The number of hydrogen-bond donors (Lipinski definition) is 0. The Bertz CT molecular complexity index is 397. The third kappa shape index (κ3) is 3.03. The minimum absolute atomic E-state index is 0.737. The second kappa shape index (κ2) is 6.10. The molecule has 0 bridgehead atoms. The van der Waals surface area contributed by atoms with Crippen molar-refractivity contribution in [3.8, 4) is 0 Å². The Hall–Kier alpha value is -0.800. The molecule has 3 nitrogen and oxygen atoms in total. The van der Waals surface area contributed by atoms with E-state index in [0.29, 0.717) is 0 Å². The Kier molecular flexibility index (Phi) is 4.24. The van der Waals surface area contributed by atoms with Crippen LogP contribution in [0.4, 0.5) is 0 Å². The van der Waals surface area contributed by atoms with Crippen molar-refractivity contribution in [1.82, 2.24) is 9.47 Å². The maximum absolute atomic E-state index is 5.55. The molecule has 1 aliphatic heterocycles. The molecular weight excluding hydrogens is 236 g/mol. The van der Waals surface area contributed by atoms with E-state index in [1.165, 1.54) is 44.5 Å². The van der Waals surface area contributed by atoms with Crippen LogP contribution in [-0.4, -0.2) is 35.3 Å². The van der Waals surface area contributed by atoms with Gasteiger partial charge in [0.15, 0.2) is 0 Å². The maximum Gasteiger partial charge on any atom is 0.0469 e. The molecule has 3 rings (SSSR count). The first-order valence-electron chi connectivity index (χ1n) is 7.82. The molecule has 1 fully saturated rings. The molecule has 0 N–H and O–H groups in total. The molecule has 1 unspecified atom stereocenters. The highest BCUT2D eigenvalue weighted by atomic mass is 16.5. The second-order valence-corrected chi connectivity index (χ2v) is 6.02. The van der Waals surface area contributed by atoms with Gasteiger partial charge in [0.2, 0.25) is 0 Å². The molecular formula is C16H26N2O. The van der Waals surface area contributed by atoms with E-state index in [4.69, 9.17) is 4.74 Å². The van der Waals surface area contributed by atoms with Crippen LogP contribution in [0.15, 0.2) is 18.3 Å². The fourth-order valence-electron chi connectivity index (χ4n) is 3.32. The van der Waals surface area contributed by atoms with E-state index in [1.807, 2.05) is 0 Å². The van der Waals surface area contributed by atoms with Crippen LogP contribution < -0.4 is 0 Å². The number of aromatic nitrogens is 1. The SMILES string of the molecule is CCOCCC1CN(C2CCC2)Cc2cccn2C1. The molecule has 1 aromatic rings. The molecule has 0 amide bonds. The van der Waals surface area contributed by atoms with Crippen molar-refractivity contribution in [1.29, 1.82) is 0 Å². The average molecular weight is 262 g/mol. The van der Waals surface area contributed by atoms with E-state index in [-0.39, 0.29) is 0 Å². The van der Waals surface area contributed by atoms with Gasteiger partial charge in [-0.1, -0.05) is 6.42 Å². The van der Waals surface area contributed by atoms with E-state index >= 15 is 0 Å². The van der Waals surface area contributed by atoms with Crippen molar-refractivity contribution in [3.63, 3.8) is 0 Å². The molecule has 0 radical (unpaired) electrons. The van der Waals surface area contributed by atoms with Crippen molar-refractivity contribution < 1.29 is 4.74 Å². The number of fused-ring (bicyclic) bond motifs is 1. The molecule has 19 heavy (non-hydrogen) atoms.